The smallest absolute Gasteiger partial charge is 0.226 e. The lowest BCUT2D eigenvalue weighted by molar-refractivity contribution is -0.116. The van der Waals surface area contributed by atoms with Crippen LogP contribution in [0.25, 0.3) is 11.3 Å². The first kappa shape index (κ1) is 16.8. The van der Waals surface area contributed by atoms with Gasteiger partial charge in [0.25, 0.3) is 0 Å². The van der Waals surface area contributed by atoms with Crippen LogP contribution in [0.3, 0.4) is 0 Å². The molecule has 0 fully saturated rings. The molecular formula is C19H19N3O3S. The van der Waals surface area contributed by atoms with E-state index in [0.717, 1.165) is 47.1 Å². The lowest BCUT2D eigenvalue weighted by Crippen LogP contribution is -2.12. The molecule has 1 amide bonds. The number of thiazole rings is 1. The van der Waals surface area contributed by atoms with Crippen molar-refractivity contribution in [3.05, 3.63) is 46.2 Å². The lowest BCUT2D eigenvalue weighted by atomic mass is 10.1. The summed E-state index contributed by atoms with van der Waals surface area (Å²) in [6.07, 6.45) is 1.91. The van der Waals surface area contributed by atoms with E-state index in [0.29, 0.717) is 18.0 Å². The summed E-state index contributed by atoms with van der Waals surface area (Å²) in [7, 11) is 0. The maximum atomic E-state index is 12.2. The third kappa shape index (κ3) is 3.35. The van der Waals surface area contributed by atoms with Crippen molar-refractivity contribution in [1.82, 2.24) is 10.1 Å². The predicted molar refractivity (Wildman–Crippen MR) is 99.7 cm³/mol. The number of rotatable bonds is 5. The van der Waals surface area contributed by atoms with E-state index >= 15 is 0 Å². The van der Waals surface area contributed by atoms with E-state index in [1.807, 2.05) is 31.4 Å². The van der Waals surface area contributed by atoms with Crippen molar-refractivity contribution in [3.63, 3.8) is 0 Å². The Morgan fingerprint density at radius 3 is 3.04 bits per heavy atom. The van der Waals surface area contributed by atoms with E-state index in [1.165, 1.54) is 16.9 Å². The zero-order valence-corrected chi connectivity index (χ0v) is 15.5. The van der Waals surface area contributed by atoms with Crippen LogP contribution < -0.4 is 10.1 Å². The Balaban J connectivity index is 1.39. The second-order valence-electron chi connectivity index (χ2n) is 6.31. The second kappa shape index (κ2) is 6.92. The highest BCUT2D eigenvalue weighted by atomic mass is 32.1. The molecule has 4 rings (SSSR count). The van der Waals surface area contributed by atoms with Crippen molar-refractivity contribution >= 4 is 22.4 Å². The van der Waals surface area contributed by atoms with Gasteiger partial charge in [0.05, 0.1) is 18.0 Å². The molecule has 7 heteroatoms. The molecule has 1 aromatic carbocycles. The maximum Gasteiger partial charge on any atom is 0.226 e. The number of benzene rings is 1. The van der Waals surface area contributed by atoms with Crippen LogP contribution in [0.1, 0.15) is 29.0 Å². The van der Waals surface area contributed by atoms with Gasteiger partial charge in [0, 0.05) is 29.3 Å². The fraction of sp³-hybridized carbons (Fsp3) is 0.316. The molecule has 0 unspecified atom stereocenters. The Bertz CT molecular complexity index is 941. The van der Waals surface area contributed by atoms with Crippen LogP contribution >= 0.6 is 11.3 Å². The number of carbonyl (C=O) groups excluding carboxylic acids is 1. The molecule has 0 aliphatic carbocycles. The molecular weight excluding hydrogens is 350 g/mol. The summed E-state index contributed by atoms with van der Waals surface area (Å²) in [5.74, 6) is 1.66. The van der Waals surface area contributed by atoms with Crippen LogP contribution in [0.15, 0.2) is 28.1 Å². The first-order valence-electron chi connectivity index (χ1n) is 8.53. The Hall–Kier alpha value is -2.67. The number of ether oxygens (including phenoxy) is 1. The van der Waals surface area contributed by atoms with Crippen LogP contribution in [0, 0.1) is 13.8 Å². The van der Waals surface area contributed by atoms with E-state index in [2.05, 4.69) is 21.5 Å². The van der Waals surface area contributed by atoms with Crippen molar-refractivity contribution in [2.45, 2.75) is 33.1 Å². The van der Waals surface area contributed by atoms with E-state index in [1.54, 1.807) is 0 Å². The average molecular weight is 369 g/mol. The van der Waals surface area contributed by atoms with Crippen LogP contribution in [0.4, 0.5) is 5.13 Å². The molecule has 0 saturated carbocycles. The fourth-order valence-electron chi connectivity index (χ4n) is 3.09. The maximum absolute atomic E-state index is 12.2. The number of amides is 1. The number of hydrogen-bond donors (Lipinski definition) is 1. The Labute approximate surface area is 155 Å². The highest BCUT2D eigenvalue weighted by Crippen LogP contribution is 2.32. The van der Waals surface area contributed by atoms with Crippen LogP contribution in [0.2, 0.25) is 0 Å². The van der Waals surface area contributed by atoms with Gasteiger partial charge in [0.2, 0.25) is 5.91 Å². The zero-order chi connectivity index (χ0) is 18.1. The standard InChI is InChI=1S/C19H19N3O3S/c1-11-15(12(2)25-22-11)4-6-18(23)21-19-20-16(10-26-19)13-3-5-17-14(9-13)7-8-24-17/h3,5,9-10H,4,6-8H2,1-2H3,(H,20,21,23). The van der Waals surface area contributed by atoms with Gasteiger partial charge < -0.3 is 14.6 Å². The van der Waals surface area contributed by atoms with Crippen molar-refractivity contribution in [2.24, 2.45) is 0 Å². The largest absolute Gasteiger partial charge is 0.493 e. The minimum Gasteiger partial charge on any atom is -0.493 e. The number of anilines is 1. The summed E-state index contributed by atoms with van der Waals surface area (Å²) >= 11 is 1.43. The molecule has 6 nitrogen and oxygen atoms in total. The van der Waals surface area contributed by atoms with Gasteiger partial charge >= 0.3 is 0 Å². The van der Waals surface area contributed by atoms with Crippen molar-refractivity contribution in [2.75, 3.05) is 11.9 Å². The molecule has 26 heavy (non-hydrogen) atoms. The van der Waals surface area contributed by atoms with Crippen molar-refractivity contribution < 1.29 is 14.1 Å². The molecule has 2 aromatic heterocycles. The van der Waals surface area contributed by atoms with Gasteiger partial charge in [-0.1, -0.05) is 5.16 Å². The van der Waals surface area contributed by atoms with Gasteiger partial charge in [0.15, 0.2) is 5.13 Å². The van der Waals surface area contributed by atoms with Gasteiger partial charge in [0.1, 0.15) is 11.5 Å². The monoisotopic (exact) mass is 369 g/mol. The number of fused-ring (bicyclic) bond motifs is 1. The van der Waals surface area contributed by atoms with E-state index in [4.69, 9.17) is 9.26 Å². The summed E-state index contributed by atoms with van der Waals surface area (Å²) in [5, 5.41) is 9.36. The van der Waals surface area contributed by atoms with Gasteiger partial charge in [-0.15, -0.1) is 11.3 Å². The summed E-state index contributed by atoms with van der Waals surface area (Å²) in [6.45, 7) is 4.49. The predicted octanol–water partition coefficient (Wildman–Crippen LogP) is 3.92. The van der Waals surface area contributed by atoms with Crippen LogP contribution in [0.5, 0.6) is 5.75 Å². The number of carbonyl (C=O) groups is 1. The number of hydrogen-bond acceptors (Lipinski definition) is 6. The SMILES string of the molecule is Cc1noc(C)c1CCC(=O)Nc1nc(-c2ccc3c(c2)CCO3)cs1. The molecule has 3 aromatic rings. The Morgan fingerprint density at radius 1 is 1.35 bits per heavy atom. The minimum atomic E-state index is -0.0618. The van der Waals surface area contributed by atoms with E-state index in [-0.39, 0.29) is 5.91 Å². The summed E-state index contributed by atoms with van der Waals surface area (Å²) in [6, 6.07) is 6.10. The molecule has 0 saturated heterocycles. The van der Waals surface area contributed by atoms with Crippen molar-refractivity contribution in [3.8, 4) is 17.0 Å². The molecule has 134 valence electrons. The molecule has 1 aliphatic rings. The van der Waals surface area contributed by atoms with Gasteiger partial charge in [-0.05, 0) is 44.0 Å². The summed E-state index contributed by atoms with van der Waals surface area (Å²) < 4.78 is 10.7. The topological polar surface area (TPSA) is 77.3 Å². The normalized spacial score (nSPS) is 12.7. The van der Waals surface area contributed by atoms with Crippen LogP contribution in [-0.4, -0.2) is 22.7 Å². The first-order chi connectivity index (χ1) is 12.6. The average Bonchev–Trinajstić information content (AvgIpc) is 3.34. The fourth-order valence-corrected chi connectivity index (χ4v) is 3.82. The zero-order valence-electron chi connectivity index (χ0n) is 14.7. The van der Waals surface area contributed by atoms with E-state index < -0.39 is 0 Å². The van der Waals surface area contributed by atoms with Gasteiger partial charge in [-0.2, -0.15) is 0 Å². The quantitative estimate of drug-likeness (QED) is 0.737. The molecule has 0 bridgehead atoms. The van der Waals surface area contributed by atoms with Crippen LogP contribution in [-0.2, 0) is 17.6 Å². The third-order valence-electron chi connectivity index (χ3n) is 4.52. The summed E-state index contributed by atoms with van der Waals surface area (Å²) in [5.41, 5.74) is 4.96. The number of nitrogens with one attached hydrogen (secondary N) is 1. The molecule has 0 radical (unpaired) electrons. The molecule has 0 atom stereocenters. The Morgan fingerprint density at radius 2 is 2.23 bits per heavy atom. The molecule has 3 heterocycles. The van der Waals surface area contributed by atoms with Gasteiger partial charge in [-0.25, -0.2) is 4.98 Å². The lowest BCUT2D eigenvalue weighted by Gasteiger charge is -2.02. The number of nitrogens with zero attached hydrogens (tertiary/aromatic N) is 2. The minimum absolute atomic E-state index is 0.0618. The molecule has 1 N–H and O–H groups in total. The number of aryl methyl sites for hydroxylation is 2. The van der Waals surface area contributed by atoms with Gasteiger partial charge in [-0.3, -0.25) is 4.79 Å². The molecule has 1 aliphatic heterocycles. The first-order valence-corrected chi connectivity index (χ1v) is 9.41. The highest BCUT2D eigenvalue weighted by molar-refractivity contribution is 7.14. The second-order valence-corrected chi connectivity index (χ2v) is 7.17. The number of aromatic nitrogens is 2. The third-order valence-corrected chi connectivity index (χ3v) is 5.28. The van der Waals surface area contributed by atoms with E-state index in [9.17, 15) is 4.79 Å². The molecule has 0 spiro atoms. The van der Waals surface area contributed by atoms with Crippen molar-refractivity contribution in [1.29, 1.82) is 0 Å². The highest BCUT2D eigenvalue weighted by Gasteiger charge is 2.15. The summed E-state index contributed by atoms with van der Waals surface area (Å²) in [4.78, 5) is 16.8. The Kier molecular flexibility index (Phi) is 4.46.